The van der Waals surface area contributed by atoms with Gasteiger partial charge in [0.15, 0.2) is 0 Å². The Morgan fingerprint density at radius 2 is 0.714 bits per heavy atom. The van der Waals surface area contributed by atoms with E-state index in [1.54, 1.807) is 98.8 Å². The van der Waals surface area contributed by atoms with Gasteiger partial charge >= 0.3 is 71.1 Å². The van der Waals surface area contributed by atoms with E-state index in [4.69, 9.17) is 9.47 Å². The third-order valence-corrected chi connectivity index (χ3v) is 24.5. The van der Waals surface area contributed by atoms with E-state index >= 15 is 0 Å². The Labute approximate surface area is 696 Å². The van der Waals surface area contributed by atoms with Gasteiger partial charge in [-0.05, 0) is 245 Å². The normalized spacial score (nSPS) is 16.7. The van der Waals surface area contributed by atoms with Gasteiger partial charge in [0.2, 0.25) is 20.0 Å². The van der Waals surface area contributed by atoms with Gasteiger partial charge in [0, 0.05) is 47.7 Å². The van der Waals surface area contributed by atoms with Crippen LogP contribution in [-0.2, 0) is 55.3 Å². The van der Waals surface area contributed by atoms with Crippen molar-refractivity contribution in [3.05, 3.63) is 238 Å². The summed E-state index contributed by atoms with van der Waals surface area (Å²) in [7, 11) is -8.02. The maximum absolute atomic E-state index is 13.8. The molecule has 0 spiro atoms. The molecule has 4 amide bonds. The summed E-state index contributed by atoms with van der Waals surface area (Å²) < 4.78 is 70.0. The van der Waals surface area contributed by atoms with Crippen molar-refractivity contribution in [1.82, 2.24) is 8.61 Å². The number of aliphatic carboxylic acids is 2. The number of nitrogens with zero attached hydrogens (tertiary/aromatic N) is 2. The summed E-state index contributed by atoms with van der Waals surface area (Å²) in [5.74, 6) is -5.42. The van der Waals surface area contributed by atoms with E-state index in [2.05, 4.69) is 21.3 Å². The first-order chi connectivity index (χ1) is 52.8. The SMILES string of the molecule is CCN(C1CCC(C(=O)O)CC1)S(=O)(=O)c1cccc(C(=O)Nc2ccc(OCC3CC3)cc2C(=O)Nc2ccc(CCc3ccc(C(=O)[O-])cc3)cc2)c1.CCN(C1CCC(C(=O)O)CC1)S(=O)(=O)c1cccc(C(=O)Nc2ccc(OCC3CC3)cc2C(=O)Nc2ccc(CCc3ccc(C(=O)[O-])cc3)cc2)c1.[Na+].[Na+]. The van der Waals surface area contributed by atoms with Crippen LogP contribution in [0.25, 0.3) is 0 Å². The first-order valence-corrected chi connectivity index (χ1v) is 40.0. The molecule has 28 heteroatoms. The molecule has 4 aliphatic rings. The third kappa shape index (κ3) is 23.5. The van der Waals surface area contributed by atoms with Crippen LogP contribution < -0.4 is 100 Å². The molecule has 0 atom stereocenters. The average molecular weight is 1580 g/mol. The number of hydrogen-bond acceptors (Lipinski definition) is 16. The zero-order valence-corrected chi connectivity index (χ0v) is 68.7. The molecule has 4 aliphatic carbocycles. The van der Waals surface area contributed by atoms with Gasteiger partial charge in [-0.2, -0.15) is 8.61 Å². The van der Waals surface area contributed by atoms with Crippen LogP contribution in [-0.4, -0.2) is 122 Å². The Morgan fingerprint density at radius 3 is 1.01 bits per heavy atom. The van der Waals surface area contributed by atoms with Crippen LogP contribution in [0.3, 0.4) is 0 Å². The monoisotopic (exact) mass is 1580 g/mol. The van der Waals surface area contributed by atoms with Crippen molar-refractivity contribution in [3.63, 3.8) is 0 Å². The van der Waals surface area contributed by atoms with Crippen molar-refractivity contribution >= 4 is 90.3 Å². The number of sulfonamides is 2. The molecule has 0 heterocycles. The number of carboxylic acids is 4. The summed E-state index contributed by atoms with van der Waals surface area (Å²) in [5, 5.41) is 52.2. The molecule has 0 unspecified atom stereocenters. The summed E-state index contributed by atoms with van der Waals surface area (Å²) in [5.41, 5.74) is 6.20. The Morgan fingerprint density at radius 1 is 0.393 bits per heavy atom. The van der Waals surface area contributed by atoms with Gasteiger partial charge < -0.3 is 60.8 Å². The van der Waals surface area contributed by atoms with Crippen molar-refractivity contribution in [2.45, 2.75) is 138 Å². The molecular weight excluding hydrogens is 1490 g/mol. The number of aryl methyl sites for hydroxylation is 4. The van der Waals surface area contributed by atoms with E-state index in [1.807, 2.05) is 24.3 Å². The van der Waals surface area contributed by atoms with E-state index in [9.17, 15) is 75.6 Å². The van der Waals surface area contributed by atoms with E-state index in [0.717, 1.165) is 47.9 Å². The van der Waals surface area contributed by atoms with E-state index in [0.29, 0.717) is 125 Å². The molecular formula is C84H88N6Na2O18S2. The van der Waals surface area contributed by atoms with Gasteiger partial charge in [-0.3, -0.25) is 28.8 Å². The number of aromatic carboxylic acids is 2. The summed E-state index contributed by atoms with van der Waals surface area (Å²) >= 11 is 0. The van der Waals surface area contributed by atoms with Crippen molar-refractivity contribution < 1.29 is 144 Å². The number of nitrogens with one attached hydrogen (secondary N) is 4. The number of carboxylic acid groups (broad SMARTS) is 4. The minimum atomic E-state index is -4.01. The number of rotatable bonds is 32. The van der Waals surface area contributed by atoms with E-state index in [1.165, 1.54) is 81.4 Å². The number of amides is 4. The minimum Gasteiger partial charge on any atom is -0.545 e. The maximum atomic E-state index is 13.8. The predicted octanol–water partition coefficient (Wildman–Crippen LogP) is 5.57. The molecule has 6 N–H and O–H groups in total. The van der Waals surface area contributed by atoms with Crippen molar-refractivity contribution in [2.24, 2.45) is 23.7 Å². The van der Waals surface area contributed by atoms with Crippen molar-refractivity contribution in [2.75, 3.05) is 47.6 Å². The molecule has 0 aromatic heterocycles. The smallest absolute Gasteiger partial charge is 0.545 e. The van der Waals surface area contributed by atoms with Crippen molar-refractivity contribution in [3.8, 4) is 11.5 Å². The number of hydrogen-bond donors (Lipinski definition) is 6. The van der Waals surface area contributed by atoms with Crippen LogP contribution in [0, 0.1) is 23.7 Å². The fourth-order valence-electron chi connectivity index (χ4n) is 13.6. The van der Waals surface area contributed by atoms with Gasteiger partial charge in [0.1, 0.15) is 11.5 Å². The maximum Gasteiger partial charge on any atom is 1.00 e. The Bertz CT molecular complexity index is 4610. The molecule has 0 bridgehead atoms. The summed E-state index contributed by atoms with van der Waals surface area (Å²) in [4.78, 5) is 99.6. The second-order valence-electron chi connectivity index (χ2n) is 28.3. The van der Waals surface area contributed by atoms with Crippen LogP contribution >= 0.6 is 0 Å². The summed E-state index contributed by atoms with van der Waals surface area (Å²) in [6, 6.07) is 48.3. The molecule has 576 valence electrons. The fraction of sp³-hybridized carbons (Fsp3) is 0.333. The number of benzene rings is 8. The minimum absolute atomic E-state index is 0. The zero-order valence-electron chi connectivity index (χ0n) is 63.1. The molecule has 12 rings (SSSR count). The van der Waals surface area contributed by atoms with Crippen LogP contribution in [0.5, 0.6) is 11.5 Å². The van der Waals surface area contributed by atoms with E-state index in [-0.39, 0.29) is 139 Å². The molecule has 8 aromatic carbocycles. The van der Waals surface area contributed by atoms with Gasteiger partial charge in [-0.15, -0.1) is 0 Å². The average Bonchev–Trinajstić information content (AvgIpc) is 1.33. The molecule has 0 radical (unpaired) electrons. The summed E-state index contributed by atoms with van der Waals surface area (Å²) in [6.45, 7) is 4.90. The van der Waals surface area contributed by atoms with Gasteiger partial charge in [0.25, 0.3) is 23.6 Å². The number of carbonyl (C=O) groups excluding carboxylic acids is 6. The quantitative estimate of drug-likeness (QED) is 0.0280. The number of carbonyl (C=O) groups is 8. The Hall–Kier alpha value is -9.06. The molecule has 24 nitrogen and oxygen atoms in total. The second kappa shape index (κ2) is 40.1. The zero-order chi connectivity index (χ0) is 78.2. The number of ether oxygens (including phenoxy) is 2. The van der Waals surface area contributed by atoms with Crippen LogP contribution in [0.2, 0.25) is 0 Å². The Kier molecular flexibility index (Phi) is 31.1. The first-order valence-electron chi connectivity index (χ1n) is 37.1. The first kappa shape index (κ1) is 86.9. The fourth-order valence-corrected chi connectivity index (χ4v) is 17.1. The topological polar surface area (TPSA) is 364 Å². The molecule has 4 fully saturated rings. The standard InChI is InChI=1S/2C42H45N3O9S.2Na/c2*1-2-45(34-20-16-31(17-21-34)42(50)51)55(52,53)36-5-3-4-32(24-36)39(46)44-38-23-22-35(54-26-29-8-9-29)25-37(38)40(47)43-33-18-12-28(13-19-33)7-6-27-10-14-30(15-11-27)41(48)49;;/h2*3-5,10-15,18-19,22-25,29,31,34H,2,6-9,16-17,20-21,26H2,1H3,(H,43,47)(H,44,46)(H,48,49)(H,50,51);;/q;;2*+1/p-2. The third-order valence-electron chi connectivity index (χ3n) is 20.5. The van der Waals surface area contributed by atoms with Gasteiger partial charge in [-0.1, -0.05) is 98.8 Å². The predicted molar refractivity (Wildman–Crippen MR) is 409 cm³/mol. The molecule has 0 aliphatic heterocycles. The van der Waals surface area contributed by atoms with Crippen LogP contribution in [0.1, 0.15) is 175 Å². The largest absolute Gasteiger partial charge is 1.00 e. The Balaban J connectivity index is 0.000000253. The molecule has 112 heavy (non-hydrogen) atoms. The number of anilines is 4. The van der Waals surface area contributed by atoms with Crippen LogP contribution in [0.4, 0.5) is 22.7 Å². The van der Waals surface area contributed by atoms with Crippen molar-refractivity contribution in [1.29, 1.82) is 0 Å². The van der Waals surface area contributed by atoms with E-state index < -0.39 is 79.4 Å². The van der Waals surface area contributed by atoms with Gasteiger partial charge in [-0.25, -0.2) is 16.8 Å². The molecule has 0 saturated heterocycles. The molecule has 4 saturated carbocycles. The van der Waals surface area contributed by atoms with Gasteiger partial charge in [0.05, 0.1) is 69.3 Å². The second-order valence-corrected chi connectivity index (χ2v) is 32.0. The molecule has 8 aromatic rings. The van der Waals surface area contributed by atoms with Crippen LogP contribution in [0.15, 0.2) is 192 Å². The summed E-state index contributed by atoms with van der Waals surface area (Å²) in [6.07, 6.45) is 10.4.